The first kappa shape index (κ1) is 14.2. The highest BCUT2D eigenvalue weighted by Crippen LogP contribution is 2.20. The lowest BCUT2D eigenvalue weighted by Gasteiger charge is -2.09. The molecule has 0 amide bonds. The Morgan fingerprint density at radius 2 is 1.95 bits per heavy atom. The molecule has 0 saturated heterocycles. The Balaban J connectivity index is 2.01. The lowest BCUT2D eigenvalue weighted by atomic mass is 10.3. The number of benzene rings is 1. The molecule has 5 heteroatoms. The highest BCUT2D eigenvalue weighted by atomic mass is 19.2. The van der Waals surface area contributed by atoms with Crippen molar-refractivity contribution in [3.63, 3.8) is 0 Å². The molecule has 0 aliphatic heterocycles. The minimum atomic E-state index is -0.979. The van der Waals surface area contributed by atoms with E-state index in [-0.39, 0.29) is 12.4 Å². The summed E-state index contributed by atoms with van der Waals surface area (Å²) in [6, 6.07) is 9.30. The second-order valence-electron chi connectivity index (χ2n) is 4.28. The lowest BCUT2D eigenvalue weighted by Crippen LogP contribution is -2.05. The Bertz CT molecular complexity index is 576. The molecule has 0 saturated carbocycles. The quantitative estimate of drug-likeness (QED) is 0.873. The number of halogens is 2. The second-order valence-corrected chi connectivity index (χ2v) is 4.28. The van der Waals surface area contributed by atoms with Crippen LogP contribution in [-0.4, -0.2) is 11.5 Å². The number of rotatable bonds is 6. The van der Waals surface area contributed by atoms with E-state index in [2.05, 4.69) is 17.2 Å². The first-order valence-electron chi connectivity index (χ1n) is 6.47. The number of hydrogen-bond acceptors (Lipinski definition) is 3. The molecule has 2 aromatic rings. The Hall–Kier alpha value is -2.17. The maximum absolute atomic E-state index is 13.4. The summed E-state index contributed by atoms with van der Waals surface area (Å²) in [5.74, 6) is -1.27. The molecule has 1 N–H and O–H groups in total. The summed E-state index contributed by atoms with van der Waals surface area (Å²) in [5.41, 5.74) is 0.648. The van der Waals surface area contributed by atoms with E-state index in [4.69, 9.17) is 4.74 Å². The van der Waals surface area contributed by atoms with E-state index in [0.29, 0.717) is 5.69 Å². The van der Waals surface area contributed by atoms with Gasteiger partial charge in [0.15, 0.2) is 11.6 Å². The molecule has 2 rings (SSSR count). The monoisotopic (exact) mass is 278 g/mol. The summed E-state index contributed by atoms with van der Waals surface area (Å²) < 4.78 is 31.7. The van der Waals surface area contributed by atoms with Crippen LogP contribution in [0.25, 0.3) is 0 Å². The molecule has 1 aromatic carbocycles. The van der Waals surface area contributed by atoms with Crippen LogP contribution in [0.1, 0.15) is 19.0 Å². The van der Waals surface area contributed by atoms with Crippen molar-refractivity contribution in [1.29, 1.82) is 0 Å². The lowest BCUT2D eigenvalue weighted by molar-refractivity contribution is 0.280. The third-order valence-electron chi connectivity index (χ3n) is 2.65. The molecule has 0 aliphatic carbocycles. The second kappa shape index (κ2) is 6.84. The van der Waals surface area contributed by atoms with Crippen LogP contribution in [0.2, 0.25) is 0 Å². The molecule has 0 radical (unpaired) electrons. The molecular formula is C15H16F2N2O. The van der Waals surface area contributed by atoms with Crippen molar-refractivity contribution >= 4 is 5.82 Å². The van der Waals surface area contributed by atoms with E-state index < -0.39 is 11.6 Å². The van der Waals surface area contributed by atoms with Gasteiger partial charge in [-0.05, 0) is 30.7 Å². The summed E-state index contributed by atoms with van der Waals surface area (Å²) in [6.07, 6.45) is 0.997. The zero-order chi connectivity index (χ0) is 14.4. The van der Waals surface area contributed by atoms with E-state index in [9.17, 15) is 8.78 Å². The van der Waals surface area contributed by atoms with Crippen LogP contribution in [0.4, 0.5) is 14.6 Å². The molecule has 1 heterocycles. The molecule has 0 unspecified atom stereocenters. The molecule has 0 bridgehead atoms. The molecule has 106 valence electrons. The third kappa shape index (κ3) is 3.66. The van der Waals surface area contributed by atoms with E-state index in [0.717, 1.165) is 24.8 Å². The van der Waals surface area contributed by atoms with Crippen molar-refractivity contribution in [3.8, 4) is 5.75 Å². The van der Waals surface area contributed by atoms with Gasteiger partial charge in [-0.15, -0.1) is 0 Å². The van der Waals surface area contributed by atoms with Crippen molar-refractivity contribution in [3.05, 3.63) is 53.7 Å². The number of aromatic nitrogens is 1. The van der Waals surface area contributed by atoms with Crippen LogP contribution < -0.4 is 10.1 Å². The predicted molar refractivity (Wildman–Crippen MR) is 73.7 cm³/mol. The van der Waals surface area contributed by atoms with Gasteiger partial charge in [-0.1, -0.05) is 19.1 Å². The normalized spacial score (nSPS) is 10.3. The van der Waals surface area contributed by atoms with Crippen LogP contribution in [-0.2, 0) is 6.61 Å². The summed E-state index contributed by atoms with van der Waals surface area (Å²) in [5, 5.41) is 3.15. The minimum absolute atomic E-state index is 0.0853. The average Bonchev–Trinajstić information content (AvgIpc) is 2.47. The third-order valence-corrected chi connectivity index (χ3v) is 2.65. The van der Waals surface area contributed by atoms with Crippen molar-refractivity contribution in [2.75, 3.05) is 11.9 Å². The number of pyridine rings is 1. The first-order chi connectivity index (χ1) is 9.70. The van der Waals surface area contributed by atoms with Crippen LogP contribution in [0.5, 0.6) is 5.75 Å². The molecule has 0 atom stereocenters. The van der Waals surface area contributed by atoms with E-state index >= 15 is 0 Å². The summed E-state index contributed by atoms with van der Waals surface area (Å²) in [6.45, 7) is 2.98. The van der Waals surface area contributed by atoms with Gasteiger partial charge in [0.2, 0.25) is 5.82 Å². The largest absolute Gasteiger partial charge is 0.484 e. The summed E-state index contributed by atoms with van der Waals surface area (Å²) in [7, 11) is 0. The molecule has 1 aromatic heterocycles. The van der Waals surface area contributed by atoms with Crippen molar-refractivity contribution < 1.29 is 13.5 Å². The molecule has 20 heavy (non-hydrogen) atoms. The Morgan fingerprint density at radius 3 is 2.75 bits per heavy atom. The first-order valence-corrected chi connectivity index (χ1v) is 6.47. The fourth-order valence-electron chi connectivity index (χ4n) is 1.66. The number of hydrogen-bond donors (Lipinski definition) is 1. The zero-order valence-electron chi connectivity index (χ0n) is 11.2. The number of nitrogens with one attached hydrogen (secondary N) is 1. The van der Waals surface area contributed by atoms with Gasteiger partial charge in [0.25, 0.3) is 0 Å². The van der Waals surface area contributed by atoms with Crippen molar-refractivity contribution in [2.24, 2.45) is 0 Å². The molecular weight excluding hydrogens is 262 g/mol. The minimum Gasteiger partial charge on any atom is -0.484 e. The number of anilines is 1. The van der Waals surface area contributed by atoms with Crippen molar-refractivity contribution in [2.45, 2.75) is 20.0 Å². The van der Waals surface area contributed by atoms with Gasteiger partial charge in [0, 0.05) is 6.54 Å². The van der Waals surface area contributed by atoms with E-state index in [1.807, 2.05) is 12.1 Å². The Kier molecular flexibility index (Phi) is 4.87. The number of ether oxygens (including phenoxy) is 1. The van der Waals surface area contributed by atoms with E-state index in [1.165, 1.54) is 12.1 Å². The summed E-state index contributed by atoms with van der Waals surface area (Å²) in [4.78, 5) is 4.33. The average molecular weight is 278 g/mol. The highest BCUT2D eigenvalue weighted by molar-refractivity contribution is 5.35. The molecule has 3 nitrogen and oxygen atoms in total. The molecule has 0 fully saturated rings. The van der Waals surface area contributed by atoms with Crippen LogP contribution >= 0.6 is 0 Å². The maximum atomic E-state index is 13.4. The van der Waals surface area contributed by atoms with Crippen LogP contribution in [0, 0.1) is 11.6 Å². The molecule has 0 aliphatic rings. The van der Waals surface area contributed by atoms with Gasteiger partial charge >= 0.3 is 0 Å². The Labute approximate surface area is 116 Å². The fourth-order valence-corrected chi connectivity index (χ4v) is 1.66. The van der Waals surface area contributed by atoms with Gasteiger partial charge in [-0.3, -0.25) is 0 Å². The topological polar surface area (TPSA) is 34.1 Å². The molecule has 0 spiro atoms. The fraction of sp³-hybridized carbons (Fsp3) is 0.267. The SMILES string of the molecule is CCCNc1cccc(COc2cccc(F)c2F)n1. The maximum Gasteiger partial charge on any atom is 0.200 e. The Morgan fingerprint density at radius 1 is 1.15 bits per heavy atom. The highest BCUT2D eigenvalue weighted by Gasteiger charge is 2.09. The van der Waals surface area contributed by atoms with Crippen molar-refractivity contribution in [1.82, 2.24) is 4.98 Å². The standard InChI is InChI=1S/C15H16F2N2O/c1-2-9-18-14-8-3-5-11(19-14)10-20-13-7-4-6-12(16)15(13)17/h3-8H,2,9-10H2,1H3,(H,18,19). The zero-order valence-corrected chi connectivity index (χ0v) is 11.2. The van der Waals surface area contributed by atoms with Crippen LogP contribution in [0.15, 0.2) is 36.4 Å². The van der Waals surface area contributed by atoms with Gasteiger partial charge in [-0.25, -0.2) is 9.37 Å². The van der Waals surface area contributed by atoms with Gasteiger partial charge in [-0.2, -0.15) is 4.39 Å². The van der Waals surface area contributed by atoms with Gasteiger partial charge in [0.05, 0.1) is 5.69 Å². The van der Waals surface area contributed by atoms with Gasteiger partial charge in [0.1, 0.15) is 12.4 Å². The van der Waals surface area contributed by atoms with Gasteiger partial charge < -0.3 is 10.1 Å². The smallest absolute Gasteiger partial charge is 0.200 e. The predicted octanol–water partition coefficient (Wildman–Crippen LogP) is 3.76. The number of nitrogens with zero attached hydrogens (tertiary/aromatic N) is 1. The van der Waals surface area contributed by atoms with E-state index in [1.54, 1.807) is 6.07 Å². The van der Waals surface area contributed by atoms with Crippen LogP contribution in [0.3, 0.4) is 0 Å². The summed E-state index contributed by atoms with van der Waals surface area (Å²) >= 11 is 0.